The molecule has 1 unspecified atom stereocenters. The second-order valence-corrected chi connectivity index (χ2v) is 7.06. The van der Waals surface area contributed by atoms with Crippen molar-refractivity contribution in [3.05, 3.63) is 30.3 Å². The van der Waals surface area contributed by atoms with Gasteiger partial charge in [0.2, 0.25) is 10.0 Å². The minimum Gasteiger partial charge on any atom is -0.306 e. The lowest BCUT2D eigenvalue weighted by Gasteiger charge is -2.20. The van der Waals surface area contributed by atoms with Crippen LogP contribution in [0.5, 0.6) is 0 Å². The third kappa shape index (κ3) is 2.91. The van der Waals surface area contributed by atoms with E-state index in [2.05, 4.69) is 11.9 Å². The van der Waals surface area contributed by atoms with Crippen molar-refractivity contribution in [3.63, 3.8) is 0 Å². The first-order valence-electron chi connectivity index (χ1n) is 6.20. The van der Waals surface area contributed by atoms with Crippen molar-refractivity contribution >= 4 is 10.0 Å². The van der Waals surface area contributed by atoms with Crippen LogP contribution >= 0.6 is 0 Å². The van der Waals surface area contributed by atoms with Crippen molar-refractivity contribution in [1.29, 1.82) is 0 Å². The summed E-state index contributed by atoms with van der Waals surface area (Å²) in [6.07, 6.45) is 1.07. The van der Waals surface area contributed by atoms with Gasteiger partial charge in [0, 0.05) is 20.1 Å². The van der Waals surface area contributed by atoms with Crippen molar-refractivity contribution in [2.75, 3.05) is 33.7 Å². The predicted octanol–water partition coefficient (Wildman–Crippen LogP) is 1.26. The zero-order chi connectivity index (χ0) is 13.2. The minimum atomic E-state index is -3.33. The molecule has 0 bridgehead atoms. The van der Waals surface area contributed by atoms with Crippen molar-refractivity contribution in [1.82, 2.24) is 9.21 Å². The molecule has 2 rings (SSSR count). The van der Waals surface area contributed by atoms with E-state index in [0.717, 1.165) is 19.5 Å². The molecule has 1 fully saturated rings. The summed E-state index contributed by atoms with van der Waals surface area (Å²) >= 11 is 0. The van der Waals surface area contributed by atoms with Crippen LogP contribution in [0.3, 0.4) is 0 Å². The lowest BCUT2D eigenvalue weighted by atomic mass is 10.1. The van der Waals surface area contributed by atoms with Gasteiger partial charge in [-0.15, -0.1) is 0 Å². The summed E-state index contributed by atoms with van der Waals surface area (Å²) in [7, 11) is 0.413. The molecule has 0 amide bonds. The van der Waals surface area contributed by atoms with Gasteiger partial charge < -0.3 is 4.90 Å². The van der Waals surface area contributed by atoms with Gasteiger partial charge in [-0.25, -0.2) is 12.7 Å². The topological polar surface area (TPSA) is 40.6 Å². The van der Waals surface area contributed by atoms with Crippen molar-refractivity contribution in [2.45, 2.75) is 11.3 Å². The quantitative estimate of drug-likeness (QED) is 0.825. The van der Waals surface area contributed by atoms with Gasteiger partial charge in [0.25, 0.3) is 0 Å². The van der Waals surface area contributed by atoms with Crippen LogP contribution in [0.4, 0.5) is 0 Å². The van der Waals surface area contributed by atoms with Gasteiger partial charge in [-0.1, -0.05) is 18.2 Å². The zero-order valence-corrected chi connectivity index (χ0v) is 11.7. The molecule has 1 aromatic carbocycles. The average molecular weight is 268 g/mol. The Bertz CT molecular complexity index is 487. The standard InChI is InChI=1S/C13H20N2O2S/c1-14-9-8-12(10-14)11-15(2)18(16,17)13-6-4-3-5-7-13/h3-7,12H,8-11H2,1-2H3. The van der Waals surface area contributed by atoms with Crippen LogP contribution in [0.2, 0.25) is 0 Å². The zero-order valence-electron chi connectivity index (χ0n) is 10.9. The summed E-state index contributed by atoms with van der Waals surface area (Å²) in [5, 5.41) is 0. The first kappa shape index (κ1) is 13.5. The van der Waals surface area contributed by atoms with E-state index in [-0.39, 0.29) is 0 Å². The third-order valence-corrected chi connectivity index (χ3v) is 5.29. The first-order chi connectivity index (χ1) is 8.50. The molecule has 100 valence electrons. The molecule has 0 saturated carbocycles. The largest absolute Gasteiger partial charge is 0.306 e. The van der Waals surface area contributed by atoms with Crippen LogP contribution in [-0.2, 0) is 10.0 Å². The van der Waals surface area contributed by atoms with E-state index in [1.165, 1.54) is 4.31 Å². The fraction of sp³-hybridized carbons (Fsp3) is 0.538. The van der Waals surface area contributed by atoms with E-state index in [1.54, 1.807) is 31.3 Å². The van der Waals surface area contributed by atoms with Crippen LogP contribution in [0, 0.1) is 5.92 Å². The Morgan fingerprint density at radius 3 is 2.56 bits per heavy atom. The molecule has 1 atom stereocenters. The van der Waals surface area contributed by atoms with Crippen LogP contribution in [-0.4, -0.2) is 51.4 Å². The Hall–Kier alpha value is -0.910. The van der Waals surface area contributed by atoms with Crippen LogP contribution in [0.25, 0.3) is 0 Å². The second-order valence-electron chi connectivity index (χ2n) is 5.02. The lowest BCUT2D eigenvalue weighted by Crippen LogP contribution is -2.32. The highest BCUT2D eigenvalue weighted by Gasteiger charge is 2.26. The molecule has 1 aromatic rings. The third-order valence-electron chi connectivity index (χ3n) is 3.46. The molecule has 0 aromatic heterocycles. The maximum Gasteiger partial charge on any atom is 0.242 e. The predicted molar refractivity (Wildman–Crippen MR) is 71.9 cm³/mol. The monoisotopic (exact) mass is 268 g/mol. The van der Waals surface area contributed by atoms with E-state index in [9.17, 15) is 8.42 Å². The average Bonchev–Trinajstić information content (AvgIpc) is 2.76. The van der Waals surface area contributed by atoms with Gasteiger partial charge in [-0.05, 0) is 38.1 Å². The Morgan fingerprint density at radius 2 is 2.00 bits per heavy atom. The Morgan fingerprint density at radius 1 is 1.33 bits per heavy atom. The Labute approximate surface area is 109 Å². The fourth-order valence-corrected chi connectivity index (χ4v) is 3.68. The van der Waals surface area contributed by atoms with Crippen molar-refractivity contribution < 1.29 is 8.42 Å². The molecule has 0 N–H and O–H groups in total. The highest BCUT2D eigenvalue weighted by molar-refractivity contribution is 7.89. The number of hydrogen-bond donors (Lipinski definition) is 0. The van der Waals surface area contributed by atoms with Crippen molar-refractivity contribution in [3.8, 4) is 0 Å². The summed E-state index contributed by atoms with van der Waals surface area (Å²) in [4.78, 5) is 2.62. The maximum atomic E-state index is 12.3. The summed E-state index contributed by atoms with van der Waals surface area (Å²) in [6.45, 7) is 2.64. The van der Waals surface area contributed by atoms with Gasteiger partial charge in [-0.2, -0.15) is 0 Å². The molecule has 0 aliphatic carbocycles. The molecule has 0 spiro atoms. The number of benzene rings is 1. The Balaban J connectivity index is 2.06. The van der Waals surface area contributed by atoms with Gasteiger partial charge in [0.15, 0.2) is 0 Å². The number of likely N-dealkylation sites (tertiary alicyclic amines) is 1. The molecule has 0 radical (unpaired) electrons. The normalized spacial score (nSPS) is 21.6. The number of sulfonamides is 1. The molecule has 1 heterocycles. The smallest absolute Gasteiger partial charge is 0.242 e. The molecule has 1 saturated heterocycles. The molecule has 1 aliphatic heterocycles. The summed E-state index contributed by atoms with van der Waals surface area (Å²) in [5.41, 5.74) is 0. The van der Waals surface area contributed by atoms with Gasteiger partial charge in [0.05, 0.1) is 4.90 Å². The summed E-state index contributed by atoms with van der Waals surface area (Å²) in [5.74, 6) is 0.443. The summed E-state index contributed by atoms with van der Waals surface area (Å²) < 4.78 is 26.1. The van der Waals surface area contributed by atoms with E-state index >= 15 is 0 Å². The van der Waals surface area contributed by atoms with Gasteiger partial charge in [-0.3, -0.25) is 0 Å². The van der Waals surface area contributed by atoms with E-state index in [1.807, 2.05) is 6.07 Å². The molecular formula is C13H20N2O2S. The molecule has 1 aliphatic rings. The van der Waals surface area contributed by atoms with Crippen LogP contribution < -0.4 is 0 Å². The van der Waals surface area contributed by atoms with Gasteiger partial charge in [0.1, 0.15) is 0 Å². The molecule has 5 heteroatoms. The molecular weight excluding hydrogens is 248 g/mol. The highest BCUT2D eigenvalue weighted by atomic mass is 32.2. The second kappa shape index (κ2) is 5.38. The fourth-order valence-electron chi connectivity index (χ4n) is 2.41. The molecule has 18 heavy (non-hydrogen) atoms. The van der Waals surface area contributed by atoms with Crippen LogP contribution in [0.1, 0.15) is 6.42 Å². The summed E-state index contributed by atoms with van der Waals surface area (Å²) in [6, 6.07) is 8.62. The maximum absolute atomic E-state index is 12.3. The number of rotatable bonds is 4. The van der Waals surface area contributed by atoms with E-state index in [0.29, 0.717) is 17.4 Å². The van der Waals surface area contributed by atoms with Gasteiger partial charge >= 0.3 is 0 Å². The number of nitrogens with zero attached hydrogens (tertiary/aromatic N) is 2. The molecule has 4 nitrogen and oxygen atoms in total. The lowest BCUT2D eigenvalue weighted by molar-refractivity contribution is 0.357. The van der Waals surface area contributed by atoms with E-state index in [4.69, 9.17) is 0 Å². The van der Waals surface area contributed by atoms with Crippen LogP contribution in [0.15, 0.2) is 35.2 Å². The Kier molecular flexibility index (Phi) is 4.04. The minimum absolute atomic E-state index is 0.374. The SMILES string of the molecule is CN1CCC(CN(C)S(=O)(=O)c2ccccc2)C1. The first-order valence-corrected chi connectivity index (χ1v) is 7.64. The van der Waals surface area contributed by atoms with E-state index < -0.39 is 10.0 Å². The van der Waals surface area contributed by atoms with Crippen molar-refractivity contribution in [2.24, 2.45) is 5.92 Å². The highest BCUT2D eigenvalue weighted by Crippen LogP contribution is 2.19. The number of hydrogen-bond acceptors (Lipinski definition) is 3.